The first kappa shape index (κ1) is 27.9. The Morgan fingerprint density at radius 1 is 0.347 bits per heavy atom. The number of rotatable bonds is 4. The number of hydrogen-bond donors (Lipinski definition) is 0. The average Bonchev–Trinajstić information content (AvgIpc) is 3.47. The van der Waals surface area contributed by atoms with Crippen LogP contribution in [0.15, 0.2) is 164 Å². The van der Waals surface area contributed by atoms with Crippen LogP contribution in [0.4, 0.5) is 0 Å². The molecule has 10 rings (SSSR count). The lowest BCUT2D eigenvalue weighted by Gasteiger charge is -2.17. The summed E-state index contributed by atoms with van der Waals surface area (Å²) in [6.45, 7) is 4.33. The summed E-state index contributed by atoms with van der Waals surface area (Å²) < 4.78 is 2.42. The molecule has 0 fully saturated rings. The van der Waals surface area contributed by atoms with E-state index >= 15 is 0 Å². The summed E-state index contributed by atoms with van der Waals surface area (Å²) in [5, 5.41) is 10.4. The van der Waals surface area contributed by atoms with E-state index in [1.165, 1.54) is 104 Å². The van der Waals surface area contributed by atoms with Crippen LogP contribution >= 0.6 is 0 Å². The largest absolute Gasteiger partial charge is 0.309 e. The Bertz CT molecular complexity index is 2850. The summed E-state index contributed by atoms with van der Waals surface area (Å²) in [5.41, 5.74) is 13.7. The minimum Gasteiger partial charge on any atom is -0.309 e. The van der Waals surface area contributed by atoms with E-state index in [0.29, 0.717) is 0 Å². The molecule has 0 bridgehead atoms. The molecule has 0 N–H and O–H groups in total. The highest BCUT2D eigenvalue weighted by molar-refractivity contribution is 6.27. The summed E-state index contributed by atoms with van der Waals surface area (Å²) in [5.74, 6) is 0. The predicted octanol–water partition coefficient (Wildman–Crippen LogP) is 13.3. The molecule has 0 aliphatic rings. The first-order valence-electron chi connectivity index (χ1n) is 17.1. The molecular weight excluding hydrogens is 591 g/mol. The van der Waals surface area contributed by atoms with E-state index in [9.17, 15) is 0 Å². The fraction of sp³-hybridized carbons (Fsp3) is 0.0417. The number of fused-ring (bicyclic) bond motifs is 3. The molecule has 0 unspecified atom stereocenters. The molecule has 0 spiro atoms. The zero-order chi connectivity index (χ0) is 32.6. The molecule has 1 aromatic heterocycles. The van der Waals surface area contributed by atoms with E-state index in [0.717, 1.165) is 0 Å². The summed E-state index contributed by atoms with van der Waals surface area (Å²) in [6, 6.07) is 60.8. The molecule has 1 nitrogen and oxygen atoms in total. The first-order chi connectivity index (χ1) is 24.1. The highest BCUT2D eigenvalue weighted by atomic mass is 15.0. The van der Waals surface area contributed by atoms with Crippen molar-refractivity contribution in [1.82, 2.24) is 4.57 Å². The van der Waals surface area contributed by atoms with Crippen LogP contribution in [-0.4, -0.2) is 4.57 Å². The molecule has 0 saturated carbocycles. The van der Waals surface area contributed by atoms with Gasteiger partial charge >= 0.3 is 0 Å². The Labute approximate surface area is 285 Å². The van der Waals surface area contributed by atoms with Gasteiger partial charge in [-0.2, -0.15) is 0 Å². The third kappa shape index (κ3) is 4.33. The van der Waals surface area contributed by atoms with Crippen LogP contribution in [-0.2, 0) is 0 Å². The Balaban J connectivity index is 1.12. The molecular formula is C48H33N. The average molecular weight is 624 g/mol. The van der Waals surface area contributed by atoms with Gasteiger partial charge in [-0.3, -0.25) is 0 Å². The van der Waals surface area contributed by atoms with Gasteiger partial charge in [0.25, 0.3) is 0 Å². The molecule has 0 aliphatic carbocycles. The third-order valence-corrected chi connectivity index (χ3v) is 10.5. The van der Waals surface area contributed by atoms with Gasteiger partial charge in [-0.1, -0.05) is 139 Å². The van der Waals surface area contributed by atoms with Gasteiger partial charge in [0, 0.05) is 16.5 Å². The second-order valence-electron chi connectivity index (χ2n) is 13.5. The minimum atomic E-state index is 1.17. The van der Waals surface area contributed by atoms with Crippen molar-refractivity contribution in [3.05, 3.63) is 175 Å². The molecule has 0 aliphatic heterocycles. The van der Waals surface area contributed by atoms with Crippen molar-refractivity contribution < 1.29 is 0 Å². The molecule has 0 saturated heterocycles. The Kier molecular flexibility index (Phi) is 6.07. The lowest BCUT2D eigenvalue weighted by atomic mass is 9.87. The van der Waals surface area contributed by atoms with E-state index < -0.39 is 0 Å². The van der Waals surface area contributed by atoms with Gasteiger partial charge in [-0.25, -0.2) is 0 Å². The second-order valence-corrected chi connectivity index (χ2v) is 13.5. The number of nitrogens with zero attached hydrogens (tertiary/aromatic N) is 1. The Hall–Kier alpha value is -6.18. The highest BCUT2D eigenvalue weighted by Crippen LogP contribution is 2.43. The van der Waals surface area contributed by atoms with Gasteiger partial charge in [-0.05, 0) is 116 Å². The Morgan fingerprint density at radius 3 is 1.49 bits per heavy atom. The fourth-order valence-corrected chi connectivity index (χ4v) is 8.05. The molecule has 9 aromatic carbocycles. The van der Waals surface area contributed by atoms with Gasteiger partial charge in [-0.15, -0.1) is 0 Å². The van der Waals surface area contributed by atoms with Crippen LogP contribution in [0.1, 0.15) is 11.1 Å². The summed E-state index contributed by atoms with van der Waals surface area (Å²) in [4.78, 5) is 0. The number of benzene rings is 9. The maximum atomic E-state index is 2.42. The maximum Gasteiger partial charge on any atom is 0.0541 e. The monoisotopic (exact) mass is 623 g/mol. The molecule has 230 valence electrons. The van der Waals surface area contributed by atoms with E-state index in [2.05, 4.69) is 182 Å². The number of aryl methyl sites for hydroxylation is 2. The molecule has 0 amide bonds. The van der Waals surface area contributed by atoms with Crippen molar-refractivity contribution in [2.24, 2.45) is 0 Å². The molecule has 0 radical (unpaired) electrons. The second kappa shape index (κ2) is 10.7. The van der Waals surface area contributed by atoms with Crippen LogP contribution < -0.4 is 0 Å². The zero-order valence-electron chi connectivity index (χ0n) is 27.5. The summed E-state index contributed by atoms with van der Waals surface area (Å²) >= 11 is 0. The van der Waals surface area contributed by atoms with Crippen LogP contribution in [0.5, 0.6) is 0 Å². The standard InChI is InChI=1S/C48H33N/c1-30-8-11-33(12-9-30)39-22-15-35-18-25-42-40(23-16-36-17-24-41(39)47(35)48(36)42)34-13-20-38(21-14-34)49-45-26-10-31(2)28-43(45)44-29-37(19-27-46(44)49)32-6-4-3-5-7-32/h3-29H,1-2H3. The molecule has 10 aromatic rings. The third-order valence-electron chi connectivity index (χ3n) is 10.5. The van der Waals surface area contributed by atoms with Crippen molar-refractivity contribution in [2.45, 2.75) is 13.8 Å². The minimum absolute atomic E-state index is 1.17. The molecule has 1 heteroatoms. The van der Waals surface area contributed by atoms with E-state index in [1.54, 1.807) is 0 Å². The SMILES string of the molecule is Cc1ccc(-c2ccc3ccc4c(-c5ccc(-n6c7ccc(C)cc7c7cc(-c8ccccc8)ccc76)cc5)ccc5ccc2c3c54)cc1. The lowest BCUT2D eigenvalue weighted by molar-refractivity contribution is 1.18. The maximum absolute atomic E-state index is 2.42. The van der Waals surface area contributed by atoms with Gasteiger partial charge in [0.05, 0.1) is 11.0 Å². The van der Waals surface area contributed by atoms with Gasteiger partial charge in [0.1, 0.15) is 0 Å². The van der Waals surface area contributed by atoms with E-state index in [-0.39, 0.29) is 0 Å². The van der Waals surface area contributed by atoms with Crippen molar-refractivity contribution >= 4 is 54.1 Å². The quantitative estimate of drug-likeness (QED) is 0.172. The van der Waals surface area contributed by atoms with Crippen molar-refractivity contribution in [1.29, 1.82) is 0 Å². The van der Waals surface area contributed by atoms with Crippen molar-refractivity contribution in [2.75, 3.05) is 0 Å². The number of aromatic nitrogens is 1. The van der Waals surface area contributed by atoms with E-state index in [1.807, 2.05) is 0 Å². The van der Waals surface area contributed by atoms with Crippen LogP contribution in [0, 0.1) is 13.8 Å². The smallest absolute Gasteiger partial charge is 0.0541 e. The van der Waals surface area contributed by atoms with Gasteiger partial charge in [0.2, 0.25) is 0 Å². The summed E-state index contributed by atoms with van der Waals surface area (Å²) in [6.07, 6.45) is 0. The van der Waals surface area contributed by atoms with Crippen LogP contribution in [0.25, 0.3) is 93.2 Å². The normalized spacial score (nSPS) is 11.9. The van der Waals surface area contributed by atoms with Crippen LogP contribution in [0.2, 0.25) is 0 Å². The highest BCUT2D eigenvalue weighted by Gasteiger charge is 2.17. The lowest BCUT2D eigenvalue weighted by Crippen LogP contribution is -1.94. The first-order valence-corrected chi connectivity index (χ1v) is 17.1. The Morgan fingerprint density at radius 2 is 0.857 bits per heavy atom. The molecule has 1 heterocycles. The van der Waals surface area contributed by atoms with Gasteiger partial charge < -0.3 is 4.57 Å². The summed E-state index contributed by atoms with van der Waals surface area (Å²) in [7, 11) is 0. The van der Waals surface area contributed by atoms with Crippen LogP contribution in [0.3, 0.4) is 0 Å². The molecule has 0 atom stereocenters. The number of hydrogen-bond acceptors (Lipinski definition) is 0. The van der Waals surface area contributed by atoms with Gasteiger partial charge in [0.15, 0.2) is 0 Å². The fourth-order valence-electron chi connectivity index (χ4n) is 8.05. The predicted molar refractivity (Wildman–Crippen MR) is 210 cm³/mol. The van der Waals surface area contributed by atoms with Crippen molar-refractivity contribution in [3.63, 3.8) is 0 Å². The topological polar surface area (TPSA) is 4.93 Å². The molecule has 49 heavy (non-hydrogen) atoms. The van der Waals surface area contributed by atoms with E-state index in [4.69, 9.17) is 0 Å². The van der Waals surface area contributed by atoms with Crippen molar-refractivity contribution in [3.8, 4) is 39.1 Å². The zero-order valence-corrected chi connectivity index (χ0v) is 27.5.